The monoisotopic (exact) mass is 517 g/mol. The predicted molar refractivity (Wildman–Crippen MR) is 128 cm³/mol. The van der Waals surface area contributed by atoms with Gasteiger partial charge in [0.05, 0.1) is 26.2 Å². The molecule has 36 heavy (non-hydrogen) atoms. The van der Waals surface area contributed by atoms with E-state index in [0.717, 1.165) is 0 Å². The molecule has 0 aromatic rings. The van der Waals surface area contributed by atoms with Crippen molar-refractivity contribution in [1.82, 2.24) is 24.5 Å². The highest BCUT2D eigenvalue weighted by atomic mass is 16.4. The number of carboxylic acid groups (broad SMARTS) is 4. The van der Waals surface area contributed by atoms with Crippen molar-refractivity contribution in [3.05, 3.63) is 0 Å². The molecule has 1 aliphatic rings. The summed E-state index contributed by atoms with van der Waals surface area (Å²) in [6, 6.07) is -0.999. The summed E-state index contributed by atoms with van der Waals surface area (Å²) < 4.78 is 0. The Morgan fingerprint density at radius 1 is 0.667 bits per heavy atom. The van der Waals surface area contributed by atoms with E-state index in [0.29, 0.717) is 0 Å². The first-order chi connectivity index (χ1) is 16.9. The van der Waals surface area contributed by atoms with Crippen LogP contribution in [0.3, 0.4) is 0 Å². The maximum atomic E-state index is 12.2. The van der Waals surface area contributed by atoms with Gasteiger partial charge in [0.1, 0.15) is 11.8 Å². The van der Waals surface area contributed by atoms with Gasteiger partial charge in [-0.3, -0.25) is 43.6 Å². The summed E-state index contributed by atoms with van der Waals surface area (Å²) in [5.41, 5.74) is 0. The number of aliphatic carboxylic acids is 4. The molecular formula is C22H39N5O9. The van der Waals surface area contributed by atoms with Crippen molar-refractivity contribution < 1.29 is 44.4 Å². The molecule has 0 bridgehead atoms. The minimum Gasteiger partial charge on any atom is -0.480 e. The molecule has 1 rings (SSSR count). The molecule has 1 atom stereocenters. The highest BCUT2D eigenvalue weighted by molar-refractivity contribution is 5.81. The fourth-order valence-corrected chi connectivity index (χ4v) is 4.10. The van der Waals surface area contributed by atoms with Gasteiger partial charge in [-0.1, -0.05) is 0 Å². The Hall–Kier alpha value is -2.65. The summed E-state index contributed by atoms with van der Waals surface area (Å²) in [6.07, 6.45) is 0.139. The zero-order valence-electron chi connectivity index (χ0n) is 21.0. The number of likely N-dealkylation sites (N-methyl/N-ethyl adjacent to an activating group) is 1. The summed E-state index contributed by atoms with van der Waals surface area (Å²) >= 11 is 0. The molecular weight excluding hydrogens is 478 g/mol. The maximum Gasteiger partial charge on any atom is 0.320 e. The van der Waals surface area contributed by atoms with Crippen LogP contribution in [0.1, 0.15) is 12.8 Å². The van der Waals surface area contributed by atoms with Crippen LogP contribution in [0.4, 0.5) is 0 Å². The molecule has 1 heterocycles. The van der Waals surface area contributed by atoms with E-state index in [4.69, 9.17) is 0 Å². The molecule has 0 radical (unpaired) electrons. The van der Waals surface area contributed by atoms with Gasteiger partial charge in [-0.2, -0.15) is 0 Å². The third-order valence-electron chi connectivity index (χ3n) is 5.86. The molecule has 0 aromatic carbocycles. The number of carbonyl (C=O) groups excluding carboxylic acids is 1. The SMILES string of the molecule is CN(C)CC(=O)CC[C@H](C(=O)O)N1CCN(CC(=O)O)CCN(CC(=O)O)CCN(CC(=O)O)CC1. The van der Waals surface area contributed by atoms with Crippen molar-refractivity contribution in [2.75, 3.05) is 92.6 Å². The minimum absolute atomic E-state index is 0.0630. The first-order valence-corrected chi connectivity index (χ1v) is 11.8. The van der Waals surface area contributed by atoms with Crippen molar-refractivity contribution in [3.8, 4) is 0 Å². The van der Waals surface area contributed by atoms with Gasteiger partial charge in [-0.25, -0.2) is 0 Å². The van der Waals surface area contributed by atoms with Gasteiger partial charge in [0.15, 0.2) is 0 Å². The van der Waals surface area contributed by atoms with Crippen LogP contribution in [0.15, 0.2) is 0 Å². The van der Waals surface area contributed by atoms with E-state index < -0.39 is 29.9 Å². The standard InChI is InChI=1S/C22H39N5O9/c1-23(2)13-17(28)3-4-18(22(35)36)27-11-9-25(15-20(31)32)7-5-24(14-19(29)30)6-8-26(10-12-27)16-21(33)34/h18H,3-16H2,1-2H3,(H,29,30)(H,31,32)(H,33,34)(H,35,36)/t18-/m1/s1. The summed E-state index contributed by atoms with van der Waals surface area (Å²) in [5, 5.41) is 37.7. The fourth-order valence-electron chi connectivity index (χ4n) is 4.10. The summed E-state index contributed by atoms with van der Waals surface area (Å²) in [7, 11) is 3.49. The molecule has 0 unspecified atom stereocenters. The number of hydrogen-bond donors (Lipinski definition) is 4. The van der Waals surface area contributed by atoms with Crippen molar-refractivity contribution in [3.63, 3.8) is 0 Å². The number of hydrogen-bond acceptors (Lipinski definition) is 10. The number of carbonyl (C=O) groups is 5. The van der Waals surface area contributed by atoms with E-state index in [9.17, 15) is 44.4 Å². The van der Waals surface area contributed by atoms with Gasteiger partial charge in [-0.15, -0.1) is 0 Å². The number of rotatable bonds is 13. The molecule has 14 nitrogen and oxygen atoms in total. The van der Waals surface area contributed by atoms with E-state index >= 15 is 0 Å². The molecule has 14 heteroatoms. The number of nitrogens with zero attached hydrogens (tertiary/aromatic N) is 5. The molecule has 1 aliphatic heterocycles. The molecule has 0 aliphatic carbocycles. The van der Waals surface area contributed by atoms with Gasteiger partial charge in [0.25, 0.3) is 0 Å². The minimum atomic E-state index is -1.11. The third-order valence-corrected chi connectivity index (χ3v) is 5.86. The molecule has 0 aromatic heterocycles. The number of ketones is 1. The number of Topliss-reactive ketones (excluding diaryl/α,β-unsaturated/α-hetero) is 1. The first-order valence-electron chi connectivity index (χ1n) is 11.8. The van der Waals surface area contributed by atoms with Crippen LogP contribution in [0, 0.1) is 0 Å². The van der Waals surface area contributed by atoms with E-state index in [1.165, 1.54) is 0 Å². The van der Waals surface area contributed by atoms with Crippen molar-refractivity contribution in [2.45, 2.75) is 18.9 Å². The summed E-state index contributed by atoms with van der Waals surface area (Å²) in [4.78, 5) is 66.6. The quantitative estimate of drug-likeness (QED) is 0.207. The molecule has 1 fully saturated rings. The Labute approximate surface area is 210 Å². The zero-order valence-corrected chi connectivity index (χ0v) is 21.0. The summed E-state index contributed by atoms with van der Waals surface area (Å²) in [6.45, 7) is 1.12. The smallest absolute Gasteiger partial charge is 0.320 e. The Balaban J connectivity index is 3.10. The van der Waals surface area contributed by atoms with Gasteiger partial charge < -0.3 is 25.3 Å². The lowest BCUT2D eigenvalue weighted by Crippen LogP contribution is -2.52. The first kappa shape index (κ1) is 31.4. The van der Waals surface area contributed by atoms with E-state index in [1.54, 1.807) is 38.6 Å². The van der Waals surface area contributed by atoms with Crippen LogP contribution in [0.2, 0.25) is 0 Å². The van der Waals surface area contributed by atoms with Gasteiger partial charge in [0, 0.05) is 58.8 Å². The van der Waals surface area contributed by atoms with Crippen molar-refractivity contribution in [1.29, 1.82) is 0 Å². The second kappa shape index (κ2) is 16.2. The lowest BCUT2D eigenvalue weighted by molar-refractivity contribution is -0.145. The maximum absolute atomic E-state index is 12.2. The van der Waals surface area contributed by atoms with Crippen LogP contribution >= 0.6 is 0 Å². The van der Waals surface area contributed by atoms with E-state index in [1.807, 2.05) is 0 Å². The summed E-state index contributed by atoms with van der Waals surface area (Å²) in [5.74, 6) is -4.37. The van der Waals surface area contributed by atoms with Gasteiger partial charge in [0.2, 0.25) is 0 Å². The van der Waals surface area contributed by atoms with Crippen molar-refractivity contribution in [2.24, 2.45) is 0 Å². The second-order valence-electron chi connectivity index (χ2n) is 9.21. The van der Waals surface area contributed by atoms with Crippen molar-refractivity contribution >= 4 is 29.7 Å². The van der Waals surface area contributed by atoms with E-state index in [-0.39, 0.29) is 97.2 Å². The van der Waals surface area contributed by atoms with E-state index in [2.05, 4.69) is 0 Å². The van der Waals surface area contributed by atoms with Crippen LogP contribution in [-0.2, 0) is 24.0 Å². The topological polar surface area (TPSA) is 182 Å². The molecule has 0 spiro atoms. The molecule has 1 saturated heterocycles. The van der Waals surface area contributed by atoms with Crippen LogP contribution < -0.4 is 0 Å². The van der Waals surface area contributed by atoms with Crippen LogP contribution in [0.25, 0.3) is 0 Å². The average Bonchev–Trinajstić information content (AvgIpc) is 2.73. The van der Waals surface area contributed by atoms with Crippen LogP contribution in [0.5, 0.6) is 0 Å². The molecule has 4 N–H and O–H groups in total. The van der Waals surface area contributed by atoms with Crippen LogP contribution in [-0.4, -0.2) is 173 Å². The lowest BCUT2D eigenvalue weighted by atomic mass is 10.1. The number of carboxylic acids is 4. The normalized spacial score (nSPS) is 18.8. The third kappa shape index (κ3) is 13.4. The Kier molecular flexibility index (Phi) is 14.1. The Morgan fingerprint density at radius 2 is 1.03 bits per heavy atom. The average molecular weight is 518 g/mol. The zero-order chi connectivity index (χ0) is 27.3. The second-order valence-corrected chi connectivity index (χ2v) is 9.21. The highest BCUT2D eigenvalue weighted by Gasteiger charge is 2.28. The Morgan fingerprint density at radius 3 is 1.33 bits per heavy atom. The lowest BCUT2D eigenvalue weighted by Gasteiger charge is -2.35. The molecule has 0 amide bonds. The molecule has 0 saturated carbocycles. The Bertz CT molecular complexity index is 732. The highest BCUT2D eigenvalue weighted by Crippen LogP contribution is 2.11. The van der Waals surface area contributed by atoms with Gasteiger partial charge >= 0.3 is 23.9 Å². The molecule has 206 valence electrons. The predicted octanol–water partition coefficient (Wildman–Crippen LogP) is -2.17. The fraction of sp³-hybridized carbons (Fsp3) is 0.773. The largest absolute Gasteiger partial charge is 0.480 e. The van der Waals surface area contributed by atoms with Gasteiger partial charge in [-0.05, 0) is 20.5 Å².